The molecule has 20 heavy (non-hydrogen) atoms. The molecule has 4 fully saturated rings. The van der Waals surface area contributed by atoms with Gasteiger partial charge in [0.2, 0.25) is 0 Å². The van der Waals surface area contributed by atoms with Crippen LogP contribution in [0, 0.1) is 17.8 Å². The molecule has 1 aromatic heterocycles. The Labute approximate surface area is 121 Å². The maximum atomic E-state index is 4.76. The summed E-state index contributed by atoms with van der Waals surface area (Å²) < 4.78 is 2.56. The van der Waals surface area contributed by atoms with Crippen molar-refractivity contribution in [1.82, 2.24) is 14.8 Å². The van der Waals surface area contributed by atoms with E-state index >= 15 is 0 Å². The van der Waals surface area contributed by atoms with Crippen molar-refractivity contribution in [3.05, 3.63) is 11.6 Å². The summed E-state index contributed by atoms with van der Waals surface area (Å²) in [5, 5.41) is 9.38. The van der Waals surface area contributed by atoms with Crippen LogP contribution in [-0.2, 0) is 18.4 Å². The highest BCUT2D eigenvalue weighted by molar-refractivity contribution is 5.23. The number of fused-ring (bicyclic) bond motifs is 1. The van der Waals surface area contributed by atoms with Crippen molar-refractivity contribution < 1.29 is 0 Å². The Bertz CT molecular complexity index is 518. The molecule has 0 spiro atoms. The van der Waals surface area contributed by atoms with E-state index in [0.29, 0.717) is 5.41 Å². The van der Waals surface area contributed by atoms with E-state index in [1.807, 2.05) is 0 Å². The third kappa shape index (κ3) is 1.47. The highest BCUT2D eigenvalue weighted by Crippen LogP contribution is 2.65. The van der Waals surface area contributed by atoms with Crippen molar-refractivity contribution in [2.75, 3.05) is 0 Å². The summed E-state index contributed by atoms with van der Waals surface area (Å²) in [6.07, 6.45) is 13.9. The maximum absolute atomic E-state index is 4.76. The van der Waals surface area contributed by atoms with E-state index in [2.05, 4.69) is 9.67 Å². The molecule has 4 aliphatic carbocycles. The summed E-state index contributed by atoms with van der Waals surface area (Å²) in [6.45, 7) is 1.18. The molecule has 0 aromatic carbocycles. The average Bonchev–Trinajstić information content (AvgIpc) is 2.97. The Hall–Kier alpha value is -0.860. The minimum absolute atomic E-state index is 0.442. The highest BCUT2D eigenvalue weighted by atomic mass is 15.3. The molecule has 4 bridgehead atoms. The van der Waals surface area contributed by atoms with Crippen LogP contribution >= 0.6 is 0 Å². The number of hydrogen-bond acceptors (Lipinski definition) is 2. The molecular formula is C17H25N3. The fourth-order valence-electron chi connectivity index (χ4n) is 6.19. The van der Waals surface area contributed by atoms with E-state index in [0.717, 1.165) is 24.2 Å². The van der Waals surface area contributed by atoms with E-state index in [-0.39, 0.29) is 0 Å². The van der Waals surface area contributed by atoms with Gasteiger partial charge in [0.25, 0.3) is 0 Å². The molecule has 0 saturated heterocycles. The SMILES string of the molecule is C1CCCn2c(nnc2C23CC4CC(CC2C4)C3)CC1. The number of hydrogen-bond donors (Lipinski definition) is 0. The van der Waals surface area contributed by atoms with Gasteiger partial charge in [-0.3, -0.25) is 0 Å². The molecule has 6 rings (SSSR count). The first-order valence-corrected chi connectivity index (χ1v) is 8.78. The smallest absolute Gasteiger partial charge is 0.139 e. The molecule has 0 amide bonds. The van der Waals surface area contributed by atoms with Crippen molar-refractivity contribution >= 4 is 0 Å². The normalized spacial score (nSPS) is 42.5. The van der Waals surface area contributed by atoms with Gasteiger partial charge in [-0.25, -0.2) is 0 Å². The van der Waals surface area contributed by atoms with Crippen molar-refractivity contribution in [2.24, 2.45) is 17.8 Å². The molecule has 108 valence electrons. The van der Waals surface area contributed by atoms with Crippen LogP contribution in [0.15, 0.2) is 0 Å². The predicted octanol–water partition coefficient (Wildman–Crippen LogP) is 3.47. The third-order valence-corrected chi connectivity index (χ3v) is 6.79. The van der Waals surface area contributed by atoms with Gasteiger partial charge in [0, 0.05) is 18.4 Å². The molecule has 0 N–H and O–H groups in total. The Kier molecular flexibility index (Phi) is 2.40. The molecule has 2 atom stereocenters. The lowest BCUT2D eigenvalue weighted by molar-refractivity contribution is 0.256. The first kappa shape index (κ1) is 11.8. The zero-order chi connectivity index (χ0) is 13.2. The van der Waals surface area contributed by atoms with E-state index < -0.39 is 0 Å². The fraction of sp³-hybridized carbons (Fsp3) is 0.882. The topological polar surface area (TPSA) is 30.7 Å². The number of nitrogens with zero attached hydrogens (tertiary/aromatic N) is 3. The maximum Gasteiger partial charge on any atom is 0.139 e. The quantitative estimate of drug-likeness (QED) is 0.783. The molecule has 2 heterocycles. The van der Waals surface area contributed by atoms with E-state index in [1.165, 1.54) is 76.0 Å². The van der Waals surface area contributed by atoms with Crippen LogP contribution in [0.4, 0.5) is 0 Å². The largest absolute Gasteiger partial charge is 0.315 e. The van der Waals surface area contributed by atoms with Crippen LogP contribution in [0.25, 0.3) is 0 Å². The van der Waals surface area contributed by atoms with Gasteiger partial charge in [-0.05, 0) is 62.7 Å². The molecule has 2 unspecified atom stereocenters. The summed E-state index contributed by atoms with van der Waals surface area (Å²) >= 11 is 0. The molecular weight excluding hydrogens is 246 g/mol. The molecule has 1 aromatic rings. The summed E-state index contributed by atoms with van der Waals surface area (Å²) in [5.74, 6) is 5.65. The number of aromatic nitrogens is 3. The fourth-order valence-corrected chi connectivity index (χ4v) is 6.19. The van der Waals surface area contributed by atoms with Gasteiger partial charge in [0.1, 0.15) is 11.6 Å². The van der Waals surface area contributed by atoms with Gasteiger partial charge in [-0.2, -0.15) is 0 Å². The van der Waals surface area contributed by atoms with Crippen molar-refractivity contribution in [3.63, 3.8) is 0 Å². The van der Waals surface area contributed by atoms with Gasteiger partial charge in [-0.15, -0.1) is 10.2 Å². The zero-order valence-electron chi connectivity index (χ0n) is 12.4. The minimum Gasteiger partial charge on any atom is -0.315 e. The monoisotopic (exact) mass is 271 g/mol. The van der Waals surface area contributed by atoms with Gasteiger partial charge in [-0.1, -0.05) is 12.8 Å². The third-order valence-electron chi connectivity index (χ3n) is 6.79. The lowest BCUT2D eigenvalue weighted by Crippen LogP contribution is -2.32. The molecule has 3 nitrogen and oxygen atoms in total. The van der Waals surface area contributed by atoms with Gasteiger partial charge in [0.05, 0.1) is 0 Å². The lowest BCUT2D eigenvalue weighted by atomic mass is 9.75. The standard InChI is InChI=1S/C17H25N3/c1-2-4-6-20-15(5-3-1)18-19-16(20)17-10-12-7-13(11-17)9-14(17)8-12/h12-14H,1-11H2. The van der Waals surface area contributed by atoms with Crippen LogP contribution in [-0.4, -0.2) is 14.8 Å². The number of aryl methyl sites for hydroxylation is 1. The van der Waals surface area contributed by atoms with Crippen molar-refractivity contribution in [3.8, 4) is 0 Å². The summed E-state index contributed by atoms with van der Waals surface area (Å²) in [5.41, 5.74) is 0.442. The summed E-state index contributed by atoms with van der Waals surface area (Å²) in [6, 6.07) is 0. The Morgan fingerprint density at radius 3 is 2.55 bits per heavy atom. The van der Waals surface area contributed by atoms with E-state index in [9.17, 15) is 0 Å². The first-order chi connectivity index (χ1) is 9.85. The number of rotatable bonds is 1. The van der Waals surface area contributed by atoms with Crippen molar-refractivity contribution in [1.29, 1.82) is 0 Å². The van der Waals surface area contributed by atoms with Crippen LogP contribution in [0.2, 0.25) is 0 Å². The van der Waals surface area contributed by atoms with Gasteiger partial charge in [0.15, 0.2) is 0 Å². The van der Waals surface area contributed by atoms with Gasteiger partial charge >= 0.3 is 0 Å². The van der Waals surface area contributed by atoms with Crippen molar-refractivity contribution in [2.45, 2.75) is 76.2 Å². The predicted molar refractivity (Wildman–Crippen MR) is 77.4 cm³/mol. The first-order valence-electron chi connectivity index (χ1n) is 8.78. The molecule has 0 radical (unpaired) electrons. The molecule has 4 saturated carbocycles. The van der Waals surface area contributed by atoms with Crippen LogP contribution in [0.3, 0.4) is 0 Å². The second-order valence-corrected chi connectivity index (χ2v) is 7.96. The Balaban J connectivity index is 1.58. The second-order valence-electron chi connectivity index (χ2n) is 7.96. The second kappa shape index (κ2) is 4.08. The van der Waals surface area contributed by atoms with Crippen LogP contribution < -0.4 is 0 Å². The molecule has 5 aliphatic rings. The minimum atomic E-state index is 0.442. The highest BCUT2D eigenvalue weighted by Gasteiger charge is 2.60. The average molecular weight is 271 g/mol. The molecule has 3 heteroatoms. The Morgan fingerprint density at radius 1 is 0.900 bits per heavy atom. The van der Waals surface area contributed by atoms with Gasteiger partial charge < -0.3 is 4.57 Å². The van der Waals surface area contributed by atoms with E-state index in [1.54, 1.807) is 0 Å². The summed E-state index contributed by atoms with van der Waals surface area (Å²) in [7, 11) is 0. The lowest BCUT2D eigenvalue weighted by Gasteiger charge is -2.32. The Morgan fingerprint density at radius 2 is 1.70 bits per heavy atom. The zero-order valence-corrected chi connectivity index (χ0v) is 12.4. The van der Waals surface area contributed by atoms with Crippen LogP contribution in [0.5, 0.6) is 0 Å². The molecule has 1 aliphatic heterocycles. The van der Waals surface area contributed by atoms with E-state index in [4.69, 9.17) is 5.10 Å². The summed E-state index contributed by atoms with van der Waals surface area (Å²) in [4.78, 5) is 0. The van der Waals surface area contributed by atoms with Crippen LogP contribution in [0.1, 0.15) is 69.4 Å².